The average molecular weight is 420 g/mol. The summed E-state index contributed by atoms with van der Waals surface area (Å²) in [5, 5.41) is 0.773. The predicted molar refractivity (Wildman–Crippen MR) is 86.4 cm³/mol. The molecule has 0 fully saturated rings. The van der Waals surface area contributed by atoms with E-state index in [9.17, 15) is 8.42 Å². The highest BCUT2D eigenvalue weighted by Crippen LogP contribution is 2.31. The van der Waals surface area contributed by atoms with Crippen LogP contribution in [0.4, 0.5) is 0 Å². The molecule has 3 nitrogen and oxygen atoms in total. The van der Waals surface area contributed by atoms with E-state index in [4.69, 9.17) is 4.74 Å². The van der Waals surface area contributed by atoms with Crippen LogP contribution in [-0.2, 0) is 15.2 Å². The number of benzene rings is 2. The van der Waals surface area contributed by atoms with Crippen molar-refractivity contribution in [1.29, 1.82) is 0 Å². The maximum Gasteiger partial charge on any atom is 0.175 e. The molecule has 2 aromatic carbocycles. The van der Waals surface area contributed by atoms with Gasteiger partial charge in [-0.05, 0) is 57.9 Å². The van der Waals surface area contributed by atoms with E-state index in [0.717, 1.165) is 15.4 Å². The van der Waals surface area contributed by atoms with E-state index in [2.05, 4.69) is 31.9 Å². The minimum Gasteiger partial charge on any atom is -0.456 e. The topological polar surface area (TPSA) is 43.4 Å². The van der Waals surface area contributed by atoms with Crippen molar-refractivity contribution in [3.63, 3.8) is 0 Å². The first-order chi connectivity index (χ1) is 9.40. The van der Waals surface area contributed by atoms with Gasteiger partial charge in [0.05, 0.1) is 9.37 Å². The Morgan fingerprint density at radius 2 is 1.75 bits per heavy atom. The number of hydrogen-bond acceptors (Lipinski definition) is 3. The van der Waals surface area contributed by atoms with Gasteiger partial charge in [-0.25, -0.2) is 8.42 Å². The minimum atomic E-state index is -3.18. The molecule has 106 valence electrons. The standard InChI is InChI=1S/C14H12Br2O3S/c1-20(17,18)12-5-3-11(4-6-12)19-14-7-2-10(9-15)8-13(14)16/h2-8H,9H2,1H3. The van der Waals surface area contributed by atoms with Crippen LogP contribution in [0.15, 0.2) is 51.8 Å². The quantitative estimate of drug-likeness (QED) is 0.683. The van der Waals surface area contributed by atoms with Crippen molar-refractivity contribution in [2.45, 2.75) is 10.2 Å². The Morgan fingerprint density at radius 3 is 2.25 bits per heavy atom. The highest BCUT2D eigenvalue weighted by molar-refractivity contribution is 9.10. The molecule has 0 aliphatic rings. The summed E-state index contributed by atoms with van der Waals surface area (Å²) in [6.45, 7) is 0. The first-order valence-corrected chi connectivity index (χ1v) is 9.53. The van der Waals surface area contributed by atoms with E-state index < -0.39 is 9.84 Å². The molecule has 2 aromatic rings. The molecule has 0 radical (unpaired) electrons. The van der Waals surface area contributed by atoms with E-state index in [1.807, 2.05) is 18.2 Å². The average Bonchev–Trinajstić information content (AvgIpc) is 2.40. The Balaban J connectivity index is 2.22. The molecule has 0 aliphatic carbocycles. The van der Waals surface area contributed by atoms with Crippen molar-refractivity contribution in [2.24, 2.45) is 0 Å². The van der Waals surface area contributed by atoms with Gasteiger partial charge >= 0.3 is 0 Å². The van der Waals surface area contributed by atoms with Gasteiger partial charge in [0.2, 0.25) is 0 Å². The van der Waals surface area contributed by atoms with Crippen molar-refractivity contribution in [3.8, 4) is 11.5 Å². The van der Waals surface area contributed by atoms with Gasteiger partial charge in [-0.15, -0.1) is 0 Å². The lowest BCUT2D eigenvalue weighted by molar-refractivity contribution is 0.479. The van der Waals surface area contributed by atoms with Crippen LogP contribution < -0.4 is 4.74 Å². The Labute approximate surface area is 135 Å². The van der Waals surface area contributed by atoms with Crippen LogP contribution in [0.1, 0.15) is 5.56 Å². The normalized spacial score (nSPS) is 11.3. The fraction of sp³-hybridized carbons (Fsp3) is 0.143. The molecule has 0 amide bonds. The molecule has 0 bridgehead atoms. The van der Waals surface area contributed by atoms with Crippen molar-refractivity contribution in [2.75, 3.05) is 6.26 Å². The molecular weight excluding hydrogens is 408 g/mol. The van der Waals surface area contributed by atoms with Gasteiger partial charge in [-0.1, -0.05) is 22.0 Å². The lowest BCUT2D eigenvalue weighted by Gasteiger charge is -2.09. The van der Waals surface area contributed by atoms with Gasteiger partial charge < -0.3 is 4.74 Å². The van der Waals surface area contributed by atoms with Gasteiger partial charge in [0, 0.05) is 11.6 Å². The van der Waals surface area contributed by atoms with E-state index in [-0.39, 0.29) is 4.90 Å². The monoisotopic (exact) mass is 418 g/mol. The van der Waals surface area contributed by atoms with Crippen molar-refractivity contribution >= 4 is 41.7 Å². The van der Waals surface area contributed by atoms with E-state index in [1.54, 1.807) is 12.1 Å². The third kappa shape index (κ3) is 3.84. The number of rotatable bonds is 4. The van der Waals surface area contributed by atoms with Gasteiger partial charge in [0.1, 0.15) is 11.5 Å². The first-order valence-electron chi connectivity index (χ1n) is 5.72. The second-order valence-corrected chi connectivity index (χ2v) is 7.67. The van der Waals surface area contributed by atoms with Crippen LogP contribution in [0, 0.1) is 0 Å². The number of ether oxygens (including phenoxy) is 1. The zero-order valence-corrected chi connectivity index (χ0v) is 14.6. The van der Waals surface area contributed by atoms with E-state index >= 15 is 0 Å². The third-order valence-electron chi connectivity index (χ3n) is 2.63. The first kappa shape index (κ1) is 15.5. The molecule has 0 unspecified atom stereocenters. The predicted octanol–water partition coefficient (Wildman–Crippen LogP) is 4.54. The van der Waals surface area contributed by atoms with Crippen molar-refractivity contribution in [3.05, 3.63) is 52.5 Å². The minimum absolute atomic E-state index is 0.276. The van der Waals surface area contributed by atoms with Crippen LogP contribution >= 0.6 is 31.9 Å². The summed E-state index contributed by atoms with van der Waals surface area (Å²) in [5.41, 5.74) is 1.14. The fourth-order valence-electron chi connectivity index (χ4n) is 1.59. The molecule has 0 aromatic heterocycles. The third-order valence-corrected chi connectivity index (χ3v) is 5.03. The Morgan fingerprint density at radius 1 is 1.10 bits per heavy atom. The Hall–Kier alpha value is -0.850. The highest BCUT2D eigenvalue weighted by atomic mass is 79.9. The summed E-state index contributed by atoms with van der Waals surface area (Å²) in [5.74, 6) is 1.27. The van der Waals surface area contributed by atoms with Crippen LogP contribution in [0.2, 0.25) is 0 Å². The van der Waals surface area contributed by atoms with Crippen molar-refractivity contribution in [1.82, 2.24) is 0 Å². The lowest BCUT2D eigenvalue weighted by atomic mass is 10.2. The van der Waals surface area contributed by atoms with Crippen LogP contribution in [0.25, 0.3) is 0 Å². The largest absolute Gasteiger partial charge is 0.456 e. The molecule has 0 saturated carbocycles. The number of alkyl halides is 1. The Bertz CT molecular complexity index is 710. The number of hydrogen-bond donors (Lipinski definition) is 0. The molecule has 0 aliphatic heterocycles. The van der Waals surface area contributed by atoms with Gasteiger partial charge in [-0.2, -0.15) is 0 Å². The molecular formula is C14H12Br2O3S. The molecule has 6 heteroatoms. The summed E-state index contributed by atoms with van der Waals surface area (Å²) in [6, 6.07) is 12.1. The summed E-state index contributed by atoms with van der Waals surface area (Å²) < 4.78 is 29.3. The number of halogens is 2. The second kappa shape index (κ2) is 6.28. The van der Waals surface area contributed by atoms with Crippen LogP contribution in [0.3, 0.4) is 0 Å². The molecule has 0 saturated heterocycles. The molecule has 0 atom stereocenters. The fourth-order valence-corrected chi connectivity index (χ4v) is 3.08. The molecule has 2 rings (SSSR count). The van der Waals surface area contributed by atoms with E-state index in [0.29, 0.717) is 11.5 Å². The summed E-state index contributed by atoms with van der Waals surface area (Å²) >= 11 is 6.84. The zero-order chi connectivity index (χ0) is 14.8. The zero-order valence-electron chi connectivity index (χ0n) is 10.6. The van der Waals surface area contributed by atoms with Gasteiger partial charge in [0.15, 0.2) is 9.84 Å². The smallest absolute Gasteiger partial charge is 0.175 e. The summed E-state index contributed by atoms with van der Waals surface area (Å²) in [4.78, 5) is 0.276. The molecule has 0 N–H and O–H groups in total. The van der Waals surface area contributed by atoms with E-state index in [1.165, 1.54) is 18.4 Å². The summed E-state index contributed by atoms with van der Waals surface area (Å²) in [7, 11) is -3.18. The maximum absolute atomic E-state index is 11.4. The molecule has 0 heterocycles. The molecule has 0 spiro atoms. The lowest BCUT2D eigenvalue weighted by Crippen LogP contribution is -1.96. The highest BCUT2D eigenvalue weighted by Gasteiger charge is 2.08. The van der Waals surface area contributed by atoms with Crippen molar-refractivity contribution < 1.29 is 13.2 Å². The van der Waals surface area contributed by atoms with Gasteiger partial charge in [0.25, 0.3) is 0 Å². The van der Waals surface area contributed by atoms with Crippen LogP contribution in [0.5, 0.6) is 11.5 Å². The van der Waals surface area contributed by atoms with Gasteiger partial charge in [-0.3, -0.25) is 0 Å². The van der Waals surface area contributed by atoms with Crippen LogP contribution in [-0.4, -0.2) is 14.7 Å². The number of sulfone groups is 1. The Kier molecular flexibility index (Phi) is 4.88. The molecule has 20 heavy (non-hydrogen) atoms. The maximum atomic E-state index is 11.4. The summed E-state index contributed by atoms with van der Waals surface area (Å²) in [6.07, 6.45) is 1.18. The SMILES string of the molecule is CS(=O)(=O)c1ccc(Oc2ccc(CBr)cc2Br)cc1. The second-order valence-electron chi connectivity index (χ2n) is 4.24.